The van der Waals surface area contributed by atoms with E-state index >= 15 is 0 Å². The molecule has 1 amide bonds. The van der Waals surface area contributed by atoms with Crippen LogP contribution in [0, 0.1) is 5.82 Å². The number of pyridine rings is 1. The van der Waals surface area contributed by atoms with E-state index in [1.165, 1.54) is 25.2 Å². The van der Waals surface area contributed by atoms with Crippen molar-refractivity contribution in [3.8, 4) is 5.88 Å². The van der Waals surface area contributed by atoms with Crippen molar-refractivity contribution >= 4 is 22.9 Å². The summed E-state index contributed by atoms with van der Waals surface area (Å²) in [5, 5.41) is 0. The second-order valence-electron chi connectivity index (χ2n) is 7.87. The van der Waals surface area contributed by atoms with E-state index in [4.69, 9.17) is 15.0 Å². The Hall–Kier alpha value is -3.51. The van der Waals surface area contributed by atoms with Crippen molar-refractivity contribution in [1.29, 1.82) is 0 Å². The number of nitrogens with zero attached hydrogens (tertiary/aromatic N) is 2. The summed E-state index contributed by atoms with van der Waals surface area (Å²) in [6.07, 6.45) is -4.58. The number of carbonyl (C=O) groups is 1. The van der Waals surface area contributed by atoms with Crippen LogP contribution in [0.4, 0.5) is 23.2 Å². The number of halogens is 4. The first-order valence-electron chi connectivity index (χ1n) is 10.6. The van der Waals surface area contributed by atoms with Crippen LogP contribution in [0.1, 0.15) is 34.7 Å². The van der Waals surface area contributed by atoms with Crippen LogP contribution in [0.15, 0.2) is 60.7 Å². The van der Waals surface area contributed by atoms with Crippen molar-refractivity contribution in [3.63, 3.8) is 0 Å². The molecule has 0 bridgehead atoms. The molecule has 12 heteroatoms. The number of anilines is 1. The van der Waals surface area contributed by atoms with E-state index in [0.717, 1.165) is 22.0 Å². The summed E-state index contributed by atoms with van der Waals surface area (Å²) in [6.45, 7) is -0.0200. The molecule has 2 atom stereocenters. The Bertz CT molecular complexity index is 1240. The number of benzene rings is 2. The maximum Gasteiger partial charge on any atom is 0.433 e. The normalized spacial score (nSPS) is 13.2. The molecule has 0 fully saturated rings. The van der Waals surface area contributed by atoms with Crippen LogP contribution < -0.4 is 14.8 Å². The molecular formula is C24H23F4N3O4S. The van der Waals surface area contributed by atoms with Gasteiger partial charge in [0, 0.05) is 12.6 Å². The number of hydrogen-bond donors (Lipinski definition) is 2. The number of aromatic nitrogens is 1. The number of hydrogen-bond acceptors (Lipinski definition) is 4. The minimum absolute atomic E-state index is 0.0200. The van der Waals surface area contributed by atoms with Gasteiger partial charge < -0.3 is 10.5 Å². The first-order chi connectivity index (χ1) is 17.0. The zero-order valence-corrected chi connectivity index (χ0v) is 19.9. The van der Waals surface area contributed by atoms with Gasteiger partial charge in [-0.15, -0.1) is 0 Å². The average molecular weight is 526 g/mol. The van der Waals surface area contributed by atoms with E-state index in [1.54, 1.807) is 30.3 Å². The van der Waals surface area contributed by atoms with Crippen LogP contribution in [0.5, 0.6) is 5.88 Å². The van der Waals surface area contributed by atoms with Gasteiger partial charge >= 0.3 is 6.18 Å². The van der Waals surface area contributed by atoms with Gasteiger partial charge in [-0.1, -0.05) is 42.5 Å². The van der Waals surface area contributed by atoms with E-state index in [-0.39, 0.29) is 36.6 Å². The first-order valence-corrected chi connectivity index (χ1v) is 11.7. The number of alkyl halides is 3. The van der Waals surface area contributed by atoms with E-state index in [1.807, 2.05) is 0 Å². The molecule has 0 saturated carbocycles. The summed E-state index contributed by atoms with van der Waals surface area (Å²) in [6, 6.07) is 14.5. The molecule has 0 aliphatic heterocycles. The van der Waals surface area contributed by atoms with Gasteiger partial charge in [0.15, 0.2) is 0 Å². The average Bonchev–Trinajstić information content (AvgIpc) is 2.82. The number of nitrogens with two attached hydrogens (primary N) is 1. The van der Waals surface area contributed by atoms with Gasteiger partial charge in [0.2, 0.25) is 11.8 Å². The van der Waals surface area contributed by atoms with Gasteiger partial charge in [0.1, 0.15) is 18.1 Å². The fourth-order valence-electron chi connectivity index (χ4n) is 3.52. The second kappa shape index (κ2) is 11.5. The highest BCUT2D eigenvalue weighted by Gasteiger charge is 2.33. The van der Waals surface area contributed by atoms with Crippen molar-refractivity contribution in [2.24, 2.45) is 5.73 Å². The monoisotopic (exact) mass is 525 g/mol. The van der Waals surface area contributed by atoms with E-state index in [9.17, 15) is 26.6 Å². The number of aryl methyl sites for hydroxylation is 1. The standard InChI is InChI=1S/C24H23F4N3O4S/c1-31(36(33)34)20-11-8-17(13-19(20)25)18(22(29)32)10-7-16-9-12-21(24(26,27)28)30-23(16)35-14-15-5-3-2-4-6-15/h2-6,8-9,11-13,18H,7,10,14H2,1H3,(H2,29,32)(H,33,34). The second-order valence-corrected chi connectivity index (χ2v) is 8.87. The zero-order valence-electron chi connectivity index (χ0n) is 19.0. The molecule has 3 N–H and O–H groups in total. The third-order valence-electron chi connectivity index (χ3n) is 5.44. The predicted molar refractivity (Wildman–Crippen MR) is 126 cm³/mol. The molecule has 3 rings (SSSR count). The number of carbonyl (C=O) groups excluding carboxylic acids is 1. The van der Waals surface area contributed by atoms with Crippen molar-refractivity contribution < 1.29 is 35.9 Å². The molecule has 36 heavy (non-hydrogen) atoms. The lowest BCUT2D eigenvalue weighted by Crippen LogP contribution is -2.23. The molecule has 7 nitrogen and oxygen atoms in total. The molecule has 192 valence electrons. The minimum atomic E-state index is -4.68. The Morgan fingerprint density at radius 3 is 2.44 bits per heavy atom. The summed E-state index contributed by atoms with van der Waals surface area (Å²) in [5.74, 6) is -2.83. The molecule has 0 spiro atoms. The molecule has 0 saturated heterocycles. The molecule has 2 aromatic carbocycles. The number of ether oxygens (including phenoxy) is 1. The molecule has 1 heterocycles. The smallest absolute Gasteiger partial charge is 0.433 e. The maximum atomic E-state index is 14.6. The van der Waals surface area contributed by atoms with Gasteiger partial charge in [0.25, 0.3) is 11.3 Å². The minimum Gasteiger partial charge on any atom is -0.473 e. The van der Waals surface area contributed by atoms with Crippen molar-refractivity contribution in [3.05, 3.63) is 88.9 Å². The van der Waals surface area contributed by atoms with Gasteiger partial charge in [-0.25, -0.2) is 13.6 Å². The molecule has 3 aromatic rings. The topological polar surface area (TPSA) is 106 Å². The van der Waals surface area contributed by atoms with Crippen LogP contribution in [0.25, 0.3) is 0 Å². The van der Waals surface area contributed by atoms with Crippen molar-refractivity contribution in [1.82, 2.24) is 4.98 Å². The molecule has 2 unspecified atom stereocenters. The van der Waals surface area contributed by atoms with E-state index < -0.39 is 40.8 Å². The molecule has 0 aliphatic rings. The summed E-state index contributed by atoms with van der Waals surface area (Å²) in [4.78, 5) is 15.8. The zero-order chi connectivity index (χ0) is 26.5. The first kappa shape index (κ1) is 27.1. The number of amides is 1. The Labute approximate surface area is 207 Å². The van der Waals surface area contributed by atoms with E-state index in [0.29, 0.717) is 5.56 Å². The molecule has 1 aromatic heterocycles. The predicted octanol–water partition coefficient (Wildman–Crippen LogP) is 4.59. The third kappa shape index (κ3) is 6.79. The van der Waals surface area contributed by atoms with Gasteiger partial charge in [-0.3, -0.25) is 13.7 Å². The van der Waals surface area contributed by atoms with Crippen LogP contribution in [-0.2, 0) is 35.3 Å². The van der Waals surface area contributed by atoms with Gasteiger partial charge in [-0.05, 0) is 42.2 Å². The Balaban J connectivity index is 1.84. The lowest BCUT2D eigenvalue weighted by molar-refractivity contribution is -0.141. The van der Waals surface area contributed by atoms with Gasteiger partial charge in [-0.2, -0.15) is 13.2 Å². The molecule has 0 aliphatic carbocycles. The highest BCUT2D eigenvalue weighted by Crippen LogP contribution is 2.33. The van der Waals surface area contributed by atoms with Crippen molar-refractivity contribution in [2.45, 2.75) is 31.5 Å². The Kier molecular flexibility index (Phi) is 8.64. The fraction of sp³-hybridized carbons (Fsp3) is 0.250. The maximum absolute atomic E-state index is 14.6. The number of primary amides is 1. The quantitative estimate of drug-likeness (QED) is 0.298. The van der Waals surface area contributed by atoms with Crippen LogP contribution in [0.2, 0.25) is 0 Å². The highest BCUT2D eigenvalue weighted by molar-refractivity contribution is 7.80. The molecular weight excluding hydrogens is 502 g/mol. The highest BCUT2D eigenvalue weighted by atomic mass is 32.2. The largest absolute Gasteiger partial charge is 0.473 e. The molecule has 0 radical (unpaired) electrons. The SMILES string of the molecule is CN(c1ccc(C(CCc2ccc(C(F)(F)F)nc2OCc2ccccc2)C(N)=O)cc1F)S(=O)O. The van der Waals surface area contributed by atoms with E-state index in [2.05, 4.69) is 4.98 Å². The summed E-state index contributed by atoms with van der Waals surface area (Å²) in [7, 11) is 1.22. The van der Waals surface area contributed by atoms with Crippen LogP contribution in [-0.4, -0.2) is 26.7 Å². The summed E-state index contributed by atoms with van der Waals surface area (Å²) < 4.78 is 81.0. The Morgan fingerprint density at radius 1 is 1.17 bits per heavy atom. The van der Waals surface area contributed by atoms with Crippen LogP contribution in [0.3, 0.4) is 0 Å². The fourth-order valence-corrected chi connectivity index (χ4v) is 3.84. The van der Waals surface area contributed by atoms with Crippen molar-refractivity contribution in [2.75, 3.05) is 11.4 Å². The van der Waals surface area contributed by atoms with Crippen LogP contribution >= 0.6 is 0 Å². The Morgan fingerprint density at radius 2 is 1.86 bits per heavy atom. The lowest BCUT2D eigenvalue weighted by atomic mass is 9.91. The third-order valence-corrected chi connectivity index (χ3v) is 6.11. The lowest BCUT2D eigenvalue weighted by Gasteiger charge is -2.19. The summed E-state index contributed by atoms with van der Waals surface area (Å²) in [5.41, 5.74) is 5.50. The van der Waals surface area contributed by atoms with Gasteiger partial charge in [0.05, 0.1) is 11.6 Å². The summed E-state index contributed by atoms with van der Waals surface area (Å²) >= 11 is -2.45. The number of rotatable bonds is 10.